The number of benzene rings is 1. The fourth-order valence-corrected chi connectivity index (χ4v) is 6.08. The summed E-state index contributed by atoms with van der Waals surface area (Å²) in [5.74, 6) is -1.20. The van der Waals surface area contributed by atoms with Crippen molar-refractivity contribution in [2.75, 3.05) is 11.5 Å². The summed E-state index contributed by atoms with van der Waals surface area (Å²) < 4.78 is 27.8. The smallest absolute Gasteiger partial charge is 0.339 e. The zero-order valence-electron chi connectivity index (χ0n) is 17.0. The van der Waals surface area contributed by atoms with E-state index in [4.69, 9.17) is 9.88 Å². The van der Waals surface area contributed by atoms with Gasteiger partial charge in [0.2, 0.25) is 10.0 Å². The number of thiazole rings is 1. The van der Waals surface area contributed by atoms with Crippen molar-refractivity contribution in [2.24, 2.45) is 5.14 Å². The average molecular weight is 492 g/mol. The van der Waals surface area contributed by atoms with Crippen molar-refractivity contribution in [1.82, 2.24) is 4.98 Å². The third-order valence-corrected chi connectivity index (χ3v) is 8.53. The van der Waals surface area contributed by atoms with E-state index in [1.165, 1.54) is 26.5 Å². The van der Waals surface area contributed by atoms with Gasteiger partial charge in [-0.3, -0.25) is 9.69 Å². The van der Waals surface area contributed by atoms with Crippen molar-refractivity contribution in [3.8, 4) is 0 Å². The number of thiophene rings is 1. The number of aromatic nitrogens is 1. The Labute approximate surface area is 193 Å². The zero-order valence-corrected chi connectivity index (χ0v) is 19.5. The van der Waals surface area contributed by atoms with Crippen LogP contribution < -0.4 is 10.0 Å². The molecule has 0 bridgehead atoms. The highest BCUT2D eigenvalue weighted by atomic mass is 32.2. The number of fused-ring (bicyclic) bond motifs is 1. The molecule has 0 spiro atoms. The summed E-state index contributed by atoms with van der Waals surface area (Å²) in [6, 6.07) is 10.7. The van der Waals surface area contributed by atoms with Gasteiger partial charge in [0, 0.05) is 10.3 Å². The second-order valence-corrected chi connectivity index (χ2v) is 11.1. The van der Waals surface area contributed by atoms with Crippen molar-refractivity contribution in [2.45, 2.75) is 36.4 Å². The minimum Gasteiger partial charge on any atom is -0.452 e. The third kappa shape index (κ3) is 5.23. The van der Waals surface area contributed by atoms with Crippen LogP contribution in [0.15, 0.2) is 46.0 Å². The van der Waals surface area contributed by atoms with Crippen LogP contribution in [0.3, 0.4) is 0 Å². The second-order valence-electron chi connectivity index (χ2n) is 7.31. The van der Waals surface area contributed by atoms with Gasteiger partial charge in [-0.15, -0.1) is 22.7 Å². The van der Waals surface area contributed by atoms with Crippen molar-refractivity contribution in [1.29, 1.82) is 0 Å². The molecule has 1 aliphatic carbocycles. The maximum absolute atomic E-state index is 13.1. The number of nitrogens with zero attached hydrogens (tertiary/aromatic N) is 2. The lowest BCUT2D eigenvalue weighted by molar-refractivity contribution is -0.121. The minimum atomic E-state index is -3.90. The summed E-state index contributed by atoms with van der Waals surface area (Å²) in [5, 5.41) is 7.00. The van der Waals surface area contributed by atoms with Gasteiger partial charge >= 0.3 is 5.97 Å². The Hall–Kier alpha value is -2.60. The number of sulfonamides is 1. The first-order chi connectivity index (χ1) is 15.3. The zero-order chi connectivity index (χ0) is 22.7. The number of hydrogen-bond acceptors (Lipinski definition) is 8. The van der Waals surface area contributed by atoms with Gasteiger partial charge in [0.05, 0.1) is 17.8 Å². The highest BCUT2D eigenvalue weighted by Gasteiger charge is 2.25. The molecule has 0 aliphatic heterocycles. The van der Waals surface area contributed by atoms with Gasteiger partial charge < -0.3 is 4.74 Å². The molecule has 4 rings (SSSR count). The highest BCUT2D eigenvalue weighted by molar-refractivity contribution is 7.91. The van der Waals surface area contributed by atoms with E-state index in [0.29, 0.717) is 11.7 Å². The lowest BCUT2D eigenvalue weighted by Gasteiger charge is -2.20. The van der Waals surface area contributed by atoms with Gasteiger partial charge in [-0.25, -0.2) is 23.3 Å². The molecule has 32 heavy (non-hydrogen) atoms. The Kier molecular flexibility index (Phi) is 6.70. The van der Waals surface area contributed by atoms with E-state index in [9.17, 15) is 18.0 Å². The quantitative estimate of drug-likeness (QED) is 0.507. The van der Waals surface area contributed by atoms with E-state index in [2.05, 4.69) is 4.98 Å². The minimum absolute atomic E-state index is 0.0335. The fraction of sp³-hybridized carbons (Fsp3) is 0.286. The molecule has 168 valence electrons. The van der Waals surface area contributed by atoms with Crippen LogP contribution in [0.1, 0.15) is 39.3 Å². The number of amides is 1. The SMILES string of the molecule is NS(=O)(=O)c1cc(C(=O)OCC(=O)N(Cc2ccccc2)c2nc3c(s2)CCCC3)cs1. The third-order valence-electron chi connectivity index (χ3n) is 4.97. The fourth-order valence-electron chi connectivity index (χ4n) is 3.34. The Morgan fingerprint density at radius 3 is 2.59 bits per heavy atom. The van der Waals surface area contributed by atoms with Crippen molar-refractivity contribution >= 4 is 49.7 Å². The lowest BCUT2D eigenvalue weighted by Crippen LogP contribution is -2.34. The molecule has 0 fully saturated rings. The number of primary sulfonamides is 1. The normalized spacial score (nSPS) is 13.4. The molecule has 2 aromatic heterocycles. The first kappa shape index (κ1) is 22.6. The predicted octanol–water partition coefficient (Wildman–Crippen LogP) is 3.12. The Bertz CT molecular complexity index is 1210. The molecule has 0 radical (unpaired) electrons. The number of nitrogens with two attached hydrogens (primary N) is 1. The summed E-state index contributed by atoms with van der Waals surface area (Å²) in [5.41, 5.74) is 2.00. The van der Waals surface area contributed by atoms with Crippen LogP contribution >= 0.6 is 22.7 Å². The van der Waals surface area contributed by atoms with E-state index in [-0.39, 0.29) is 9.77 Å². The molecule has 8 nitrogen and oxygen atoms in total. The van der Waals surface area contributed by atoms with Crippen LogP contribution in [0.2, 0.25) is 0 Å². The molecule has 11 heteroatoms. The van der Waals surface area contributed by atoms with E-state index in [0.717, 1.165) is 54.3 Å². The number of anilines is 1. The molecule has 3 aromatic rings. The van der Waals surface area contributed by atoms with Gasteiger partial charge in [-0.1, -0.05) is 30.3 Å². The highest BCUT2D eigenvalue weighted by Crippen LogP contribution is 2.32. The molecular formula is C21H21N3O5S3. The average Bonchev–Trinajstić information content (AvgIpc) is 3.43. The Morgan fingerprint density at radius 2 is 1.91 bits per heavy atom. The monoisotopic (exact) mass is 491 g/mol. The molecule has 1 aromatic carbocycles. The number of hydrogen-bond donors (Lipinski definition) is 1. The number of rotatable bonds is 7. The molecule has 0 saturated heterocycles. The molecular weight excluding hydrogens is 470 g/mol. The van der Waals surface area contributed by atoms with Gasteiger partial charge in [-0.05, 0) is 37.3 Å². The van der Waals surface area contributed by atoms with Crippen LogP contribution in [-0.2, 0) is 38.9 Å². The molecule has 1 aliphatic rings. The first-order valence-corrected chi connectivity index (χ1v) is 13.2. The molecule has 0 atom stereocenters. The number of ether oxygens (including phenoxy) is 1. The van der Waals surface area contributed by atoms with Gasteiger partial charge in [0.25, 0.3) is 5.91 Å². The maximum Gasteiger partial charge on any atom is 0.339 e. The van der Waals surface area contributed by atoms with E-state index < -0.39 is 28.5 Å². The first-order valence-electron chi connectivity index (χ1n) is 9.92. The van der Waals surface area contributed by atoms with Crippen LogP contribution in [0.25, 0.3) is 0 Å². The predicted molar refractivity (Wildman–Crippen MR) is 122 cm³/mol. The second kappa shape index (κ2) is 9.49. The standard InChI is InChI=1S/C21H21N3O5S3/c22-32(27,28)19-10-15(13-30-19)20(26)29-12-18(25)24(11-14-6-2-1-3-7-14)21-23-16-8-4-5-9-17(16)31-21/h1-3,6-7,10,13H,4-5,8-9,11-12H2,(H2,22,27,28). The molecule has 0 saturated carbocycles. The van der Waals surface area contributed by atoms with Crippen LogP contribution in [0, 0.1) is 0 Å². The van der Waals surface area contributed by atoms with Crippen LogP contribution in [-0.4, -0.2) is 31.9 Å². The van der Waals surface area contributed by atoms with Crippen molar-refractivity contribution in [3.63, 3.8) is 0 Å². The van der Waals surface area contributed by atoms with Gasteiger partial charge in [0.1, 0.15) is 4.21 Å². The summed E-state index contributed by atoms with van der Waals surface area (Å²) in [7, 11) is -3.90. The summed E-state index contributed by atoms with van der Waals surface area (Å²) >= 11 is 2.32. The van der Waals surface area contributed by atoms with E-state index in [1.807, 2.05) is 30.3 Å². The Balaban J connectivity index is 1.50. The summed E-state index contributed by atoms with van der Waals surface area (Å²) in [6.07, 6.45) is 4.06. The van der Waals surface area contributed by atoms with Crippen molar-refractivity contribution in [3.05, 3.63) is 63.5 Å². The summed E-state index contributed by atoms with van der Waals surface area (Å²) in [4.78, 5) is 32.8. The number of aryl methyl sites for hydroxylation is 2. The molecule has 1 amide bonds. The topological polar surface area (TPSA) is 120 Å². The Morgan fingerprint density at radius 1 is 1.16 bits per heavy atom. The maximum atomic E-state index is 13.1. The largest absolute Gasteiger partial charge is 0.452 e. The van der Waals surface area contributed by atoms with Crippen LogP contribution in [0.5, 0.6) is 0 Å². The number of carbonyl (C=O) groups is 2. The van der Waals surface area contributed by atoms with E-state index in [1.54, 1.807) is 0 Å². The number of carbonyl (C=O) groups excluding carboxylic acids is 2. The van der Waals surface area contributed by atoms with Gasteiger partial charge in [0.15, 0.2) is 11.7 Å². The molecule has 2 N–H and O–H groups in total. The lowest BCUT2D eigenvalue weighted by atomic mass is 10.0. The molecule has 0 unspecified atom stereocenters. The van der Waals surface area contributed by atoms with Crippen molar-refractivity contribution < 1.29 is 22.7 Å². The van der Waals surface area contributed by atoms with Crippen LogP contribution in [0.4, 0.5) is 5.13 Å². The van der Waals surface area contributed by atoms with Gasteiger partial charge in [-0.2, -0.15) is 0 Å². The number of esters is 1. The summed E-state index contributed by atoms with van der Waals surface area (Å²) in [6.45, 7) is -0.186. The van der Waals surface area contributed by atoms with E-state index >= 15 is 0 Å². The molecule has 2 heterocycles.